The van der Waals surface area contributed by atoms with Crippen LogP contribution in [0.2, 0.25) is 0 Å². The van der Waals surface area contributed by atoms with E-state index in [9.17, 15) is 10.1 Å². The first-order chi connectivity index (χ1) is 7.58. The van der Waals surface area contributed by atoms with Crippen LogP contribution in [0.4, 0.5) is 5.69 Å². The second-order valence-corrected chi connectivity index (χ2v) is 3.82. The van der Waals surface area contributed by atoms with Crippen molar-refractivity contribution in [3.8, 4) is 0 Å². The van der Waals surface area contributed by atoms with Crippen molar-refractivity contribution >= 4 is 5.69 Å². The molecule has 0 aliphatic heterocycles. The first-order valence-corrected chi connectivity index (χ1v) is 5.30. The number of rotatable bonds is 5. The topological polar surface area (TPSA) is 63.4 Å². The largest absolute Gasteiger partial charge is 0.396 e. The standard InChI is InChI=1S/C12H16NO3/c1-3-4-10-5-11(9(2)8-14)7-12(6-10)13(15)16/h5-7,9,14H,2-4,8H2,1H3. The molecule has 1 unspecified atom stereocenters. The van der Waals surface area contributed by atoms with Crippen molar-refractivity contribution in [1.82, 2.24) is 0 Å². The van der Waals surface area contributed by atoms with Crippen molar-refractivity contribution in [3.05, 3.63) is 46.4 Å². The molecule has 1 aromatic carbocycles. The maximum Gasteiger partial charge on any atom is 0.269 e. The average molecular weight is 222 g/mol. The van der Waals surface area contributed by atoms with Crippen LogP contribution < -0.4 is 0 Å². The fourth-order valence-corrected chi connectivity index (χ4v) is 1.58. The van der Waals surface area contributed by atoms with E-state index < -0.39 is 4.92 Å². The molecule has 0 amide bonds. The number of aryl methyl sites for hydroxylation is 1. The Morgan fingerprint density at radius 3 is 2.69 bits per heavy atom. The molecular formula is C12H16NO3. The number of hydrogen-bond acceptors (Lipinski definition) is 3. The van der Waals surface area contributed by atoms with Gasteiger partial charge in [-0.3, -0.25) is 10.1 Å². The van der Waals surface area contributed by atoms with Gasteiger partial charge in [-0.15, -0.1) is 0 Å². The summed E-state index contributed by atoms with van der Waals surface area (Å²) < 4.78 is 0. The van der Waals surface area contributed by atoms with E-state index in [2.05, 4.69) is 6.92 Å². The van der Waals surface area contributed by atoms with Crippen LogP contribution in [0, 0.1) is 17.0 Å². The minimum atomic E-state index is -0.410. The van der Waals surface area contributed by atoms with Gasteiger partial charge in [-0.05, 0) is 24.5 Å². The molecule has 1 atom stereocenters. The molecule has 0 aliphatic rings. The highest BCUT2D eigenvalue weighted by Crippen LogP contribution is 2.23. The third kappa shape index (κ3) is 3.03. The summed E-state index contributed by atoms with van der Waals surface area (Å²) in [5, 5.41) is 19.7. The molecule has 1 aromatic rings. The van der Waals surface area contributed by atoms with Crippen LogP contribution in [0.1, 0.15) is 30.4 Å². The summed E-state index contributed by atoms with van der Waals surface area (Å²) in [7, 11) is 0. The summed E-state index contributed by atoms with van der Waals surface area (Å²) in [5.74, 6) is -0.310. The number of hydrogen-bond donors (Lipinski definition) is 1. The molecule has 0 spiro atoms. The Morgan fingerprint density at radius 1 is 1.50 bits per heavy atom. The van der Waals surface area contributed by atoms with Crippen LogP contribution in [-0.2, 0) is 6.42 Å². The van der Waals surface area contributed by atoms with Crippen molar-refractivity contribution in [3.63, 3.8) is 0 Å². The molecule has 0 heterocycles. The lowest BCUT2D eigenvalue weighted by atomic mass is 9.97. The SMILES string of the molecule is [CH2]C(CO)c1cc(CCC)cc([N+](=O)[O-])c1. The van der Waals surface area contributed by atoms with Gasteiger partial charge in [-0.1, -0.05) is 19.4 Å². The predicted octanol–water partition coefficient (Wildman–Crippen LogP) is 2.46. The summed E-state index contributed by atoms with van der Waals surface area (Å²) in [5.41, 5.74) is 1.72. The van der Waals surface area contributed by atoms with E-state index in [1.807, 2.05) is 13.0 Å². The normalized spacial score (nSPS) is 12.4. The molecule has 16 heavy (non-hydrogen) atoms. The molecule has 1 N–H and O–H groups in total. The highest BCUT2D eigenvalue weighted by atomic mass is 16.6. The third-order valence-electron chi connectivity index (χ3n) is 2.44. The number of benzene rings is 1. The van der Waals surface area contributed by atoms with Gasteiger partial charge >= 0.3 is 0 Å². The molecule has 0 saturated carbocycles. The minimum absolute atomic E-state index is 0.0723. The molecule has 0 fully saturated rings. The Labute approximate surface area is 95.1 Å². The molecule has 1 rings (SSSR count). The van der Waals surface area contributed by atoms with Gasteiger partial charge in [0.25, 0.3) is 5.69 Å². The Bertz CT molecular complexity index is 377. The lowest BCUT2D eigenvalue weighted by Crippen LogP contribution is -2.02. The zero-order chi connectivity index (χ0) is 12.1. The lowest BCUT2D eigenvalue weighted by Gasteiger charge is -2.10. The quantitative estimate of drug-likeness (QED) is 0.614. The van der Waals surface area contributed by atoms with E-state index in [0.717, 1.165) is 24.0 Å². The summed E-state index contributed by atoms with van der Waals surface area (Å²) in [4.78, 5) is 10.3. The van der Waals surface area contributed by atoms with Gasteiger partial charge in [-0.2, -0.15) is 0 Å². The first kappa shape index (κ1) is 12.6. The van der Waals surface area contributed by atoms with Crippen molar-refractivity contribution in [2.45, 2.75) is 25.7 Å². The Hall–Kier alpha value is -1.42. The number of nitro groups is 1. The summed E-state index contributed by atoms with van der Waals surface area (Å²) >= 11 is 0. The number of nitrogens with zero attached hydrogens (tertiary/aromatic N) is 1. The summed E-state index contributed by atoms with van der Waals surface area (Å²) in [6, 6.07) is 4.94. The van der Waals surface area contributed by atoms with Crippen LogP contribution in [0.3, 0.4) is 0 Å². The fraction of sp³-hybridized carbons (Fsp3) is 0.417. The van der Waals surface area contributed by atoms with Gasteiger partial charge in [0.1, 0.15) is 0 Å². The monoisotopic (exact) mass is 222 g/mol. The lowest BCUT2D eigenvalue weighted by molar-refractivity contribution is -0.385. The smallest absolute Gasteiger partial charge is 0.269 e. The summed E-state index contributed by atoms with van der Waals surface area (Å²) in [6.45, 7) is 5.67. The maximum atomic E-state index is 10.7. The van der Waals surface area contributed by atoms with Crippen molar-refractivity contribution in [1.29, 1.82) is 0 Å². The first-order valence-electron chi connectivity index (χ1n) is 5.30. The average Bonchev–Trinajstić information content (AvgIpc) is 2.28. The van der Waals surface area contributed by atoms with Crippen LogP contribution in [0.15, 0.2) is 18.2 Å². The van der Waals surface area contributed by atoms with Crippen LogP contribution >= 0.6 is 0 Å². The number of aliphatic hydroxyl groups excluding tert-OH is 1. The van der Waals surface area contributed by atoms with Gasteiger partial charge in [0, 0.05) is 24.7 Å². The number of non-ortho nitro benzene ring substituents is 1. The highest BCUT2D eigenvalue weighted by Gasteiger charge is 2.13. The molecule has 4 nitrogen and oxygen atoms in total. The van der Waals surface area contributed by atoms with Crippen molar-refractivity contribution < 1.29 is 10.0 Å². The molecule has 4 heteroatoms. The van der Waals surface area contributed by atoms with Crippen LogP contribution in [-0.4, -0.2) is 16.6 Å². The van der Waals surface area contributed by atoms with Gasteiger partial charge in [0.15, 0.2) is 0 Å². The molecule has 0 aliphatic carbocycles. The van der Waals surface area contributed by atoms with E-state index in [1.165, 1.54) is 6.07 Å². The van der Waals surface area contributed by atoms with E-state index in [-0.39, 0.29) is 18.2 Å². The maximum absolute atomic E-state index is 10.7. The molecular weight excluding hydrogens is 206 g/mol. The van der Waals surface area contributed by atoms with E-state index in [1.54, 1.807) is 6.07 Å². The highest BCUT2D eigenvalue weighted by molar-refractivity contribution is 5.41. The molecule has 0 bridgehead atoms. The van der Waals surface area contributed by atoms with E-state index >= 15 is 0 Å². The zero-order valence-corrected chi connectivity index (χ0v) is 9.35. The van der Waals surface area contributed by atoms with Gasteiger partial charge in [0.2, 0.25) is 0 Å². The van der Waals surface area contributed by atoms with Crippen LogP contribution in [0.25, 0.3) is 0 Å². The summed E-state index contributed by atoms with van der Waals surface area (Å²) in [6.07, 6.45) is 1.73. The Morgan fingerprint density at radius 2 is 2.19 bits per heavy atom. The Kier molecular flexibility index (Phi) is 4.43. The third-order valence-corrected chi connectivity index (χ3v) is 2.44. The van der Waals surface area contributed by atoms with E-state index in [4.69, 9.17) is 5.11 Å². The van der Waals surface area contributed by atoms with Gasteiger partial charge in [-0.25, -0.2) is 0 Å². The van der Waals surface area contributed by atoms with Crippen molar-refractivity contribution in [2.75, 3.05) is 6.61 Å². The fourth-order valence-electron chi connectivity index (χ4n) is 1.58. The number of aliphatic hydroxyl groups is 1. The molecule has 0 saturated heterocycles. The minimum Gasteiger partial charge on any atom is -0.396 e. The van der Waals surface area contributed by atoms with Gasteiger partial charge < -0.3 is 5.11 Å². The second kappa shape index (κ2) is 5.61. The predicted molar refractivity (Wildman–Crippen MR) is 62.3 cm³/mol. The van der Waals surface area contributed by atoms with Crippen LogP contribution in [0.5, 0.6) is 0 Å². The van der Waals surface area contributed by atoms with E-state index in [0.29, 0.717) is 0 Å². The zero-order valence-electron chi connectivity index (χ0n) is 9.35. The molecule has 87 valence electrons. The second-order valence-electron chi connectivity index (χ2n) is 3.82. The van der Waals surface area contributed by atoms with Crippen molar-refractivity contribution in [2.24, 2.45) is 0 Å². The molecule has 1 radical (unpaired) electrons. The number of nitro benzene ring substituents is 1. The Balaban J connectivity index is 3.13. The van der Waals surface area contributed by atoms with Gasteiger partial charge in [0.05, 0.1) is 4.92 Å². The molecule has 0 aromatic heterocycles.